The number of aryl methyl sites for hydroxylation is 1. The highest BCUT2D eigenvalue weighted by molar-refractivity contribution is 5.77. The smallest absolute Gasteiger partial charge is 0.314 e. The van der Waals surface area contributed by atoms with Gasteiger partial charge in [-0.05, 0) is 37.3 Å². The molecule has 1 saturated carbocycles. The van der Waals surface area contributed by atoms with Crippen molar-refractivity contribution in [3.8, 4) is 11.6 Å². The molecule has 0 N–H and O–H groups in total. The number of esters is 1. The SMILES string of the molecule is Cc1cnc(OCC(C)C)c(OC(=O)C2CC2)c1. The molecule has 0 bridgehead atoms. The molecule has 0 radical (unpaired) electrons. The van der Waals surface area contributed by atoms with Crippen LogP contribution in [0.4, 0.5) is 0 Å². The molecule has 0 saturated heterocycles. The monoisotopic (exact) mass is 249 g/mol. The molecule has 4 nitrogen and oxygen atoms in total. The zero-order valence-corrected chi connectivity index (χ0v) is 11.1. The van der Waals surface area contributed by atoms with E-state index in [9.17, 15) is 4.79 Å². The van der Waals surface area contributed by atoms with E-state index in [-0.39, 0.29) is 11.9 Å². The van der Waals surface area contributed by atoms with Crippen molar-refractivity contribution in [1.29, 1.82) is 0 Å². The number of hydrogen-bond acceptors (Lipinski definition) is 4. The van der Waals surface area contributed by atoms with Gasteiger partial charge >= 0.3 is 5.97 Å². The van der Waals surface area contributed by atoms with Crippen LogP contribution in [0, 0.1) is 18.8 Å². The molecule has 0 aliphatic heterocycles. The lowest BCUT2D eigenvalue weighted by molar-refractivity contribution is -0.135. The van der Waals surface area contributed by atoms with Crippen LogP contribution in [0.25, 0.3) is 0 Å². The fraction of sp³-hybridized carbons (Fsp3) is 0.571. The number of carbonyl (C=O) groups excluding carboxylic acids is 1. The minimum atomic E-state index is -0.170. The van der Waals surface area contributed by atoms with Crippen molar-refractivity contribution < 1.29 is 14.3 Å². The van der Waals surface area contributed by atoms with Crippen molar-refractivity contribution >= 4 is 5.97 Å². The lowest BCUT2D eigenvalue weighted by atomic mass is 10.2. The third-order valence-electron chi connectivity index (χ3n) is 2.63. The Kier molecular flexibility index (Phi) is 3.84. The van der Waals surface area contributed by atoms with Crippen LogP contribution in [0.15, 0.2) is 12.3 Å². The molecule has 0 aromatic carbocycles. The number of hydrogen-bond donors (Lipinski definition) is 0. The average molecular weight is 249 g/mol. The molecule has 1 aliphatic carbocycles. The first kappa shape index (κ1) is 12.9. The zero-order valence-electron chi connectivity index (χ0n) is 11.1. The van der Waals surface area contributed by atoms with Crippen molar-refractivity contribution in [2.24, 2.45) is 11.8 Å². The van der Waals surface area contributed by atoms with Gasteiger partial charge in [-0.15, -0.1) is 0 Å². The summed E-state index contributed by atoms with van der Waals surface area (Å²) in [5, 5.41) is 0. The van der Waals surface area contributed by atoms with Crippen LogP contribution in [0.5, 0.6) is 11.6 Å². The average Bonchev–Trinajstić information content (AvgIpc) is 3.11. The summed E-state index contributed by atoms with van der Waals surface area (Å²) in [5.74, 6) is 1.15. The summed E-state index contributed by atoms with van der Waals surface area (Å²) in [6.07, 6.45) is 3.57. The lowest BCUT2D eigenvalue weighted by Crippen LogP contribution is -2.13. The number of pyridine rings is 1. The quantitative estimate of drug-likeness (QED) is 0.753. The van der Waals surface area contributed by atoms with E-state index in [1.807, 2.05) is 6.92 Å². The Morgan fingerprint density at radius 1 is 1.50 bits per heavy atom. The van der Waals surface area contributed by atoms with Crippen LogP contribution in [0.2, 0.25) is 0 Å². The van der Waals surface area contributed by atoms with E-state index in [1.54, 1.807) is 12.3 Å². The molecule has 0 spiro atoms. The molecule has 1 aromatic heterocycles. The standard InChI is InChI=1S/C14H19NO3/c1-9(2)8-17-13-12(6-10(3)7-15-13)18-14(16)11-4-5-11/h6-7,9,11H,4-5,8H2,1-3H3. The van der Waals surface area contributed by atoms with Crippen molar-refractivity contribution in [2.75, 3.05) is 6.61 Å². The second-order valence-electron chi connectivity index (χ2n) is 5.22. The first-order valence-corrected chi connectivity index (χ1v) is 6.37. The molecule has 0 unspecified atom stereocenters. The summed E-state index contributed by atoms with van der Waals surface area (Å²) < 4.78 is 10.9. The van der Waals surface area contributed by atoms with E-state index in [2.05, 4.69) is 18.8 Å². The molecule has 2 rings (SSSR count). The van der Waals surface area contributed by atoms with E-state index >= 15 is 0 Å². The minimum absolute atomic E-state index is 0.0726. The minimum Gasteiger partial charge on any atom is -0.475 e. The van der Waals surface area contributed by atoms with E-state index in [0.717, 1.165) is 18.4 Å². The Labute approximate surface area is 107 Å². The Morgan fingerprint density at radius 3 is 2.83 bits per heavy atom. The van der Waals surface area contributed by atoms with Gasteiger partial charge in [0.25, 0.3) is 5.88 Å². The lowest BCUT2D eigenvalue weighted by Gasteiger charge is -2.12. The first-order chi connectivity index (χ1) is 8.56. The number of aromatic nitrogens is 1. The third-order valence-corrected chi connectivity index (χ3v) is 2.63. The fourth-order valence-corrected chi connectivity index (χ4v) is 1.47. The predicted molar refractivity (Wildman–Crippen MR) is 67.7 cm³/mol. The van der Waals surface area contributed by atoms with Gasteiger partial charge in [-0.3, -0.25) is 4.79 Å². The Balaban J connectivity index is 2.09. The van der Waals surface area contributed by atoms with Crippen molar-refractivity contribution in [1.82, 2.24) is 4.98 Å². The molecule has 4 heteroatoms. The molecule has 18 heavy (non-hydrogen) atoms. The van der Waals surface area contributed by atoms with Gasteiger partial charge in [0.05, 0.1) is 12.5 Å². The molecule has 1 aliphatic rings. The normalized spacial score (nSPS) is 14.7. The Bertz CT molecular complexity index is 439. The molecular weight excluding hydrogens is 230 g/mol. The van der Waals surface area contributed by atoms with E-state index in [4.69, 9.17) is 9.47 Å². The van der Waals surface area contributed by atoms with Gasteiger partial charge in [0.1, 0.15) is 0 Å². The molecular formula is C14H19NO3. The van der Waals surface area contributed by atoms with Gasteiger partial charge in [0, 0.05) is 6.20 Å². The van der Waals surface area contributed by atoms with Gasteiger partial charge in [-0.1, -0.05) is 13.8 Å². The Morgan fingerprint density at radius 2 is 2.22 bits per heavy atom. The summed E-state index contributed by atoms with van der Waals surface area (Å²) in [5.41, 5.74) is 0.950. The van der Waals surface area contributed by atoms with Crippen LogP contribution in [-0.4, -0.2) is 17.6 Å². The van der Waals surface area contributed by atoms with E-state index in [1.165, 1.54) is 0 Å². The van der Waals surface area contributed by atoms with Crippen molar-refractivity contribution in [3.05, 3.63) is 17.8 Å². The maximum Gasteiger partial charge on any atom is 0.314 e. The van der Waals surface area contributed by atoms with Gasteiger partial charge < -0.3 is 9.47 Å². The van der Waals surface area contributed by atoms with Gasteiger partial charge in [-0.25, -0.2) is 4.98 Å². The molecule has 1 fully saturated rings. The maximum atomic E-state index is 11.7. The molecule has 98 valence electrons. The van der Waals surface area contributed by atoms with Crippen molar-refractivity contribution in [2.45, 2.75) is 33.6 Å². The summed E-state index contributed by atoms with van der Waals surface area (Å²) in [6.45, 7) is 6.59. The van der Waals surface area contributed by atoms with Crippen LogP contribution in [0.1, 0.15) is 32.3 Å². The topological polar surface area (TPSA) is 48.4 Å². The number of rotatable bonds is 5. The van der Waals surface area contributed by atoms with E-state index < -0.39 is 0 Å². The summed E-state index contributed by atoms with van der Waals surface area (Å²) in [6, 6.07) is 1.79. The van der Waals surface area contributed by atoms with E-state index in [0.29, 0.717) is 24.2 Å². The summed E-state index contributed by atoms with van der Waals surface area (Å²) >= 11 is 0. The molecule has 0 amide bonds. The second kappa shape index (κ2) is 5.38. The summed E-state index contributed by atoms with van der Waals surface area (Å²) in [7, 11) is 0. The van der Waals surface area contributed by atoms with Crippen LogP contribution < -0.4 is 9.47 Å². The zero-order chi connectivity index (χ0) is 13.1. The summed E-state index contributed by atoms with van der Waals surface area (Å²) in [4.78, 5) is 15.9. The highest BCUT2D eigenvalue weighted by Gasteiger charge is 2.32. The molecule has 1 aromatic rings. The number of nitrogens with zero attached hydrogens (tertiary/aromatic N) is 1. The highest BCUT2D eigenvalue weighted by Crippen LogP contribution is 2.33. The predicted octanol–water partition coefficient (Wildman–Crippen LogP) is 2.74. The Hall–Kier alpha value is -1.58. The second-order valence-corrected chi connectivity index (χ2v) is 5.22. The van der Waals surface area contributed by atoms with Crippen LogP contribution in [0.3, 0.4) is 0 Å². The number of ether oxygens (including phenoxy) is 2. The molecule has 1 heterocycles. The van der Waals surface area contributed by atoms with Gasteiger partial charge in [-0.2, -0.15) is 0 Å². The molecule has 0 atom stereocenters. The maximum absolute atomic E-state index is 11.7. The van der Waals surface area contributed by atoms with Gasteiger partial charge in [0.15, 0.2) is 5.75 Å². The number of carbonyl (C=O) groups is 1. The van der Waals surface area contributed by atoms with Crippen LogP contribution in [-0.2, 0) is 4.79 Å². The largest absolute Gasteiger partial charge is 0.475 e. The fourth-order valence-electron chi connectivity index (χ4n) is 1.47. The van der Waals surface area contributed by atoms with Crippen molar-refractivity contribution in [3.63, 3.8) is 0 Å². The first-order valence-electron chi connectivity index (χ1n) is 6.37. The van der Waals surface area contributed by atoms with Crippen LogP contribution >= 0.6 is 0 Å². The third kappa shape index (κ3) is 3.45. The van der Waals surface area contributed by atoms with Gasteiger partial charge in [0.2, 0.25) is 0 Å². The highest BCUT2D eigenvalue weighted by atomic mass is 16.6.